The number of carbonyl (C=O) groups excluding carboxylic acids is 1. The first-order valence-electron chi connectivity index (χ1n) is 6.41. The molecule has 2 rings (SSSR count). The van der Waals surface area contributed by atoms with Gasteiger partial charge >= 0.3 is 0 Å². The van der Waals surface area contributed by atoms with E-state index in [-0.39, 0.29) is 17.2 Å². The molecule has 0 aliphatic carbocycles. The van der Waals surface area contributed by atoms with Gasteiger partial charge in [-0.25, -0.2) is 4.98 Å². The molecule has 0 atom stereocenters. The lowest BCUT2D eigenvalue weighted by molar-refractivity contribution is -0.113. The molecule has 0 aromatic carbocycles. The quantitative estimate of drug-likeness (QED) is 0.660. The van der Waals surface area contributed by atoms with E-state index in [1.165, 1.54) is 17.4 Å². The van der Waals surface area contributed by atoms with Gasteiger partial charge in [0.05, 0.1) is 11.3 Å². The molecule has 0 spiro atoms. The second kappa shape index (κ2) is 6.77. The molecule has 0 aliphatic heterocycles. The number of amides is 1. The molecule has 1 amide bonds. The number of anilines is 1. The van der Waals surface area contributed by atoms with Crippen molar-refractivity contribution in [2.75, 3.05) is 11.1 Å². The summed E-state index contributed by atoms with van der Waals surface area (Å²) in [5.41, 5.74) is 1.75. The van der Waals surface area contributed by atoms with E-state index in [9.17, 15) is 9.59 Å². The fourth-order valence-electron chi connectivity index (χ4n) is 1.77. The van der Waals surface area contributed by atoms with Crippen LogP contribution in [0.15, 0.2) is 16.0 Å². The van der Waals surface area contributed by atoms with Gasteiger partial charge in [0.15, 0.2) is 5.16 Å². The fourth-order valence-corrected chi connectivity index (χ4v) is 3.51. The second-order valence-corrected chi connectivity index (χ2v) is 6.82. The molecule has 2 N–H and O–H groups in total. The maximum Gasteiger partial charge on any atom is 0.251 e. The third kappa shape index (κ3) is 3.75. The van der Waals surface area contributed by atoms with Gasteiger partial charge in [0.1, 0.15) is 11.1 Å². The number of hydrogen-bond donors (Lipinski definition) is 2. The van der Waals surface area contributed by atoms with Crippen molar-refractivity contribution in [3.8, 4) is 6.07 Å². The van der Waals surface area contributed by atoms with Crippen molar-refractivity contribution in [1.82, 2.24) is 9.97 Å². The van der Waals surface area contributed by atoms with Gasteiger partial charge in [-0.3, -0.25) is 9.59 Å². The predicted octanol–water partition coefficient (Wildman–Crippen LogP) is 2.36. The van der Waals surface area contributed by atoms with Crippen LogP contribution in [-0.2, 0) is 4.79 Å². The molecular formula is C14H14N4O2S2. The summed E-state index contributed by atoms with van der Waals surface area (Å²) in [6, 6.07) is 3.50. The van der Waals surface area contributed by atoms with Gasteiger partial charge < -0.3 is 10.3 Å². The molecule has 0 saturated carbocycles. The summed E-state index contributed by atoms with van der Waals surface area (Å²) >= 11 is 2.53. The van der Waals surface area contributed by atoms with Gasteiger partial charge in [0.2, 0.25) is 5.91 Å². The topological polar surface area (TPSA) is 98.6 Å². The van der Waals surface area contributed by atoms with E-state index < -0.39 is 0 Å². The van der Waals surface area contributed by atoms with Crippen molar-refractivity contribution in [2.45, 2.75) is 25.9 Å². The normalized spacial score (nSPS) is 10.3. The number of thiophene rings is 1. The van der Waals surface area contributed by atoms with Gasteiger partial charge in [0.25, 0.3) is 5.56 Å². The molecule has 0 unspecified atom stereocenters. The van der Waals surface area contributed by atoms with E-state index in [1.54, 1.807) is 6.92 Å². The smallest absolute Gasteiger partial charge is 0.251 e. The first-order chi connectivity index (χ1) is 10.4. The fraction of sp³-hybridized carbons (Fsp3) is 0.286. The summed E-state index contributed by atoms with van der Waals surface area (Å²) in [6.45, 7) is 5.48. The molecule has 0 aliphatic rings. The summed E-state index contributed by atoms with van der Waals surface area (Å²) < 4.78 is 0. The van der Waals surface area contributed by atoms with Crippen LogP contribution in [0.3, 0.4) is 0 Å². The van der Waals surface area contributed by atoms with Crippen LogP contribution < -0.4 is 10.9 Å². The summed E-state index contributed by atoms with van der Waals surface area (Å²) in [7, 11) is 0. The minimum absolute atomic E-state index is 0.104. The van der Waals surface area contributed by atoms with Crippen LogP contribution in [0.1, 0.15) is 21.7 Å². The number of nitriles is 1. The lowest BCUT2D eigenvalue weighted by atomic mass is 10.2. The SMILES string of the molecule is Cc1cc(=O)[nH]c(SCC(=O)Nc2sc(C)c(C)c2C#N)n1. The number of nitrogens with zero attached hydrogens (tertiary/aromatic N) is 2. The monoisotopic (exact) mass is 334 g/mol. The van der Waals surface area contributed by atoms with E-state index in [1.807, 2.05) is 13.8 Å². The van der Waals surface area contributed by atoms with Crippen LogP contribution in [-0.4, -0.2) is 21.6 Å². The summed E-state index contributed by atoms with van der Waals surface area (Å²) in [4.78, 5) is 31.0. The van der Waals surface area contributed by atoms with Crippen LogP contribution in [0.5, 0.6) is 0 Å². The maximum absolute atomic E-state index is 12.0. The van der Waals surface area contributed by atoms with Gasteiger partial charge in [-0.1, -0.05) is 11.8 Å². The Kier molecular flexibility index (Phi) is 5.00. The first kappa shape index (κ1) is 16.3. The predicted molar refractivity (Wildman–Crippen MR) is 87.5 cm³/mol. The Morgan fingerprint density at radius 2 is 2.23 bits per heavy atom. The molecular weight excluding hydrogens is 320 g/mol. The summed E-state index contributed by atoms with van der Waals surface area (Å²) in [5, 5.41) is 12.8. The molecule has 114 valence electrons. The van der Waals surface area contributed by atoms with Gasteiger partial charge in [0, 0.05) is 16.6 Å². The van der Waals surface area contributed by atoms with Crippen molar-refractivity contribution in [1.29, 1.82) is 5.26 Å². The third-order valence-electron chi connectivity index (χ3n) is 2.94. The van der Waals surface area contributed by atoms with Crippen molar-refractivity contribution < 1.29 is 4.79 Å². The molecule has 0 radical (unpaired) electrons. The largest absolute Gasteiger partial charge is 0.316 e. The highest BCUT2D eigenvalue weighted by Gasteiger charge is 2.15. The summed E-state index contributed by atoms with van der Waals surface area (Å²) in [5.74, 6) is -0.139. The Morgan fingerprint density at radius 1 is 1.50 bits per heavy atom. The third-order valence-corrected chi connectivity index (χ3v) is 4.93. The Labute approximate surface area is 135 Å². The maximum atomic E-state index is 12.0. The molecule has 2 aromatic rings. The van der Waals surface area contributed by atoms with Gasteiger partial charge in [-0.15, -0.1) is 11.3 Å². The van der Waals surface area contributed by atoms with E-state index in [4.69, 9.17) is 5.26 Å². The van der Waals surface area contributed by atoms with Crippen LogP contribution in [0, 0.1) is 32.1 Å². The molecule has 0 saturated heterocycles. The molecule has 2 aromatic heterocycles. The van der Waals surface area contributed by atoms with Gasteiger partial charge in [-0.05, 0) is 26.3 Å². The van der Waals surface area contributed by atoms with E-state index in [0.717, 1.165) is 22.2 Å². The van der Waals surface area contributed by atoms with Crippen molar-refractivity contribution in [3.05, 3.63) is 38.1 Å². The number of aromatic nitrogens is 2. The second-order valence-electron chi connectivity index (χ2n) is 4.63. The summed E-state index contributed by atoms with van der Waals surface area (Å²) in [6.07, 6.45) is 0. The van der Waals surface area contributed by atoms with Crippen molar-refractivity contribution in [3.63, 3.8) is 0 Å². The zero-order chi connectivity index (χ0) is 16.3. The van der Waals surface area contributed by atoms with Crippen molar-refractivity contribution >= 4 is 34.0 Å². The van der Waals surface area contributed by atoms with Crippen LogP contribution >= 0.6 is 23.1 Å². The Morgan fingerprint density at radius 3 is 2.86 bits per heavy atom. The van der Waals surface area contributed by atoms with Crippen LogP contribution in [0.2, 0.25) is 0 Å². The van der Waals surface area contributed by atoms with E-state index >= 15 is 0 Å². The molecule has 22 heavy (non-hydrogen) atoms. The number of H-pyrrole nitrogens is 1. The Balaban J connectivity index is 2.03. The van der Waals surface area contributed by atoms with Crippen LogP contribution in [0.4, 0.5) is 5.00 Å². The highest BCUT2D eigenvalue weighted by Crippen LogP contribution is 2.31. The number of hydrogen-bond acceptors (Lipinski definition) is 6. The van der Waals surface area contributed by atoms with Crippen LogP contribution in [0.25, 0.3) is 0 Å². The molecule has 6 nitrogen and oxygen atoms in total. The Bertz CT molecular complexity index is 817. The Hall–Kier alpha value is -2.11. The van der Waals surface area contributed by atoms with E-state index in [0.29, 0.717) is 21.4 Å². The average molecular weight is 334 g/mol. The molecule has 8 heteroatoms. The average Bonchev–Trinajstić information content (AvgIpc) is 2.70. The molecule has 0 fully saturated rings. The van der Waals surface area contributed by atoms with E-state index in [2.05, 4.69) is 21.4 Å². The minimum Gasteiger partial charge on any atom is -0.316 e. The number of nitrogens with one attached hydrogen (secondary N) is 2. The number of rotatable bonds is 4. The lowest BCUT2D eigenvalue weighted by Crippen LogP contribution is -2.15. The first-order valence-corrected chi connectivity index (χ1v) is 8.21. The standard InChI is InChI=1S/C14H14N4O2S2/c1-7-4-11(19)18-14(16-7)21-6-12(20)17-13-10(5-15)8(2)9(3)22-13/h4H,6H2,1-3H3,(H,17,20)(H,16,18,19). The lowest BCUT2D eigenvalue weighted by Gasteiger charge is -2.03. The molecule has 0 bridgehead atoms. The zero-order valence-electron chi connectivity index (χ0n) is 12.3. The molecule has 2 heterocycles. The highest BCUT2D eigenvalue weighted by atomic mass is 32.2. The number of carbonyl (C=O) groups is 1. The zero-order valence-corrected chi connectivity index (χ0v) is 13.9. The van der Waals surface area contributed by atoms with Gasteiger partial charge in [-0.2, -0.15) is 5.26 Å². The minimum atomic E-state index is -0.244. The number of aromatic amines is 1. The number of aryl methyl sites for hydroxylation is 2. The highest BCUT2D eigenvalue weighted by molar-refractivity contribution is 7.99. The van der Waals surface area contributed by atoms with Crippen molar-refractivity contribution in [2.24, 2.45) is 0 Å². The number of thioether (sulfide) groups is 1.